The van der Waals surface area contributed by atoms with E-state index in [1.165, 1.54) is 4.57 Å². The Kier molecular flexibility index (Phi) is 3.45. The molecule has 0 aliphatic rings. The van der Waals surface area contributed by atoms with Crippen LogP contribution in [0.4, 0.5) is 0 Å². The molecular weight excluding hydrogens is 242 g/mol. The molecule has 2 atom stereocenters. The highest BCUT2D eigenvalue weighted by atomic mass is 16.4. The minimum Gasteiger partial charge on any atom is -0.408 e. The fourth-order valence-corrected chi connectivity index (χ4v) is 2.21. The minimum atomic E-state index is -0.401. The first-order valence-electron chi connectivity index (χ1n) is 6.20. The van der Waals surface area contributed by atoms with Gasteiger partial charge in [-0.3, -0.25) is 4.57 Å². The fraction of sp³-hybridized carbons (Fsp3) is 0.429. The van der Waals surface area contributed by atoms with Gasteiger partial charge in [-0.05, 0) is 23.6 Å². The van der Waals surface area contributed by atoms with Crippen LogP contribution in [0, 0.1) is 23.2 Å². The maximum absolute atomic E-state index is 11.4. The number of nitriles is 1. The zero-order chi connectivity index (χ0) is 14.2. The van der Waals surface area contributed by atoms with Crippen molar-refractivity contribution < 1.29 is 4.42 Å². The maximum Gasteiger partial charge on any atom is 0.419 e. The van der Waals surface area contributed by atoms with Crippen LogP contribution in [0.1, 0.15) is 25.5 Å². The average Bonchev–Trinajstić information content (AvgIpc) is 2.65. The Labute approximate surface area is 111 Å². The van der Waals surface area contributed by atoms with Gasteiger partial charge in [0, 0.05) is 13.1 Å². The number of aromatic nitrogens is 1. The standard InChI is InChI=1S/C14H17N3O2/c1-8(2)10(7-15)13(16)9-4-5-11-12(6-9)19-14(18)17(11)3/h4-6,8,10,13H,16H2,1-3H3. The summed E-state index contributed by atoms with van der Waals surface area (Å²) in [5.41, 5.74) is 8.17. The van der Waals surface area contributed by atoms with Gasteiger partial charge < -0.3 is 10.2 Å². The van der Waals surface area contributed by atoms with E-state index in [1.807, 2.05) is 19.9 Å². The van der Waals surface area contributed by atoms with Crippen molar-refractivity contribution in [2.45, 2.75) is 19.9 Å². The number of hydrogen-bond acceptors (Lipinski definition) is 4. The number of aryl methyl sites for hydroxylation is 1. The molecule has 19 heavy (non-hydrogen) atoms. The highest BCUT2D eigenvalue weighted by molar-refractivity contribution is 5.73. The van der Waals surface area contributed by atoms with Crippen LogP contribution < -0.4 is 11.5 Å². The molecule has 2 rings (SSSR count). The molecule has 2 aromatic rings. The van der Waals surface area contributed by atoms with E-state index in [-0.39, 0.29) is 17.9 Å². The summed E-state index contributed by atoms with van der Waals surface area (Å²) in [6, 6.07) is 7.23. The van der Waals surface area contributed by atoms with Crippen LogP contribution in [0.15, 0.2) is 27.4 Å². The maximum atomic E-state index is 11.4. The van der Waals surface area contributed by atoms with Crippen molar-refractivity contribution in [3.05, 3.63) is 34.3 Å². The normalized spacial score (nSPS) is 14.5. The SMILES string of the molecule is CC(C)C(C#N)C(N)c1ccc2c(c1)oc(=O)n2C. The Balaban J connectivity index is 2.47. The van der Waals surface area contributed by atoms with E-state index in [9.17, 15) is 10.1 Å². The van der Waals surface area contributed by atoms with Crippen molar-refractivity contribution in [1.82, 2.24) is 4.57 Å². The first kappa shape index (κ1) is 13.4. The molecule has 1 aromatic carbocycles. The first-order valence-corrected chi connectivity index (χ1v) is 6.20. The van der Waals surface area contributed by atoms with Gasteiger partial charge in [-0.25, -0.2) is 4.79 Å². The van der Waals surface area contributed by atoms with Crippen LogP contribution >= 0.6 is 0 Å². The molecule has 5 nitrogen and oxygen atoms in total. The molecule has 2 N–H and O–H groups in total. The van der Waals surface area contributed by atoms with Gasteiger partial charge in [-0.1, -0.05) is 19.9 Å². The lowest BCUT2D eigenvalue weighted by Crippen LogP contribution is -2.24. The monoisotopic (exact) mass is 259 g/mol. The van der Waals surface area contributed by atoms with Crippen LogP contribution in [0.5, 0.6) is 0 Å². The third kappa shape index (κ3) is 2.27. The van der Waals surface area contributed by atoms with Gasteiger partial charge in [-0.2, -0.15) is 5.26 Å². The number of nitrogens with two attached hydrogens (primary N) is 1. The number of fused-ring (bicyclic) bond motifs is 1. The van der Waals surface area contributed by atoms with Gasteiger partial charge in [0.25, 0.3) is 0 Å². The highest BCUT2D eigenvalue weighted by Gasteiger charge is 2.23. The van der Waals surface area contributed by atoms with E-state index in [4.69, 9.17) is 10.2 Å². The van der Waals surface area contributed by atoms with Gasteiger partial charge >= 0.3 is 5.76 Å². The second kappa shape index (κ2) is 4.90. The van der Waals surface area contributed by atoms with Crippen molar-refractivity contribution in [1.29, 1.82) is 5.26 Å². The molecule has 0 bridgehead atoms. The molecule has 0 aliphatic carbocycles. The van der Waals surface area contributed by atoms with E-state index >= 15 is 0 Å². The summed E-state index contributed by atoms with van der Waals surface area (Å²) >= 11 is 0. The number of rotatable bonds is 3. The summed E-state index contributed by atoms with van der Waals surface area (Å²) in [7, 11) is 1.65. The third-order valence-corrected chi connectivity index (χ3v) is 3.46. The third-order valence-electron chi connectivity index (χ3n) is 3.46. The van der Waals surface area contributed by atoms with E-state index in [0.29, 0.717) is 5.58 Å². The van der Waals surface area contributed by atoms with Gasteiger partial charge in [0.1, 0.15) is 0 Å². The Morgan fingerprint density at radius 3 is 2.68 bits per heavy atom. The van der Waals surface area contributed by atoms with E-state index < -0.39 is 5.76 Å². The van der Waals surface area contributed by atoms with Gasteiger partial charge in [0.05, 0.1) is 17.5 Å². The van der Waals surface area contributed by atoms with Crippen molar-refractivity contribution in [3.8, 4) is 6.07 Å². The summed E-state index contributed by atoms with van der Waals surface area (Å²) in [6.45, 7) is 3.93. The smallest absolute Gasteiger partial charge is 0.408 e. The van der Waals surface area contributed by atoms with Crippen molar-refractivity contribution in [3.63, 3.8) is 0 Å². The summed E-state index contributed by atoms with van der Waals surface area (Å²) in [5, 5.41) is 9.18. The summed E-state index contributed by atoms with van der Waals surface area (Å²) < 4.78 is 6.57. The van der Waals surface area contributed by atoms with Crippen molar-refractivity contribution in [2.75, 3.05) is 0 Å². The zero-order valence-corrected chi connectivity index (χ0v) is 11.3. The summed E-state index contributed by atoms with van der Waals surface area (Å²) in [6.07, 6.45) is 0. The Hall–Kier alpha value is -2.06. The predicted octanol–water partition coefficient (Wildman–Crippen LogP) is 1.93. The highest BCUT2D eigenvalue weighted by Crippen LogP contribution is 2.27. The van der Waals surface area contributed by atoms with Gasteiger partial charge in [-0.15, -0.1) is 0 Å². The minimum absolute atomic E-state index is 0.165. The Morgan fingerprint density at radius 1 is 1.42 bits per heavy atom. The second-order valence-electron chi connectivity index (χ2n) is 5.08. The van der Waals surface area contributed by atoms with Crippen LogP contribution in [-0.4, -0.2) is 4.57 Å². The number of nitrogens with zero attached hydrogens (tertiary/aromatic N) is 2. The quantitative estimate of drug-likeness (QED) is 0.912. The van der Waals surface area contributed by atoms with E-state index in [0.717, 1.165) is 11.1 Å². The molecule has 0 amide bonds. The Morgan fingerprint density at radius 2 is 2.11 bits per heavy atom. The molecule has 0 radical (unpaired) electrons. The molecule has 2 unspecified atom stereocenters. The Bertz CT molecular complexity index is 691. The van der Waals surface area contributed by atoms with Gasteiger partial charge in [0.15, 0.2) is 5.58 Å². The number of hydrogen-bond donors (Lipinski definition) is 1. The summed E-state index contributed by atoms with van der Waals surface area (Å²) in [4.78, 5) is 11.4. The topological polar surface area (TPSA) is 85.0 Å². The van der Waals surface area contributed by atoms with Crippen molar-refractivity contribution in [2.24, 2.45) is 24.6 Å². The largest absolute Gasteiger partial charge is 0.419 e. The van der Waals surface area contributed by atoms with Crippen LogP contribution in [0.2, 0.25) is 0 Å². The van der Waals surface area contributed by atoms with Crippen LogP contribution in [-0.2, 0) is 7.05 Å². The lowest BCUT2D eigenvalue weighted by molar-refractivity contribution is 0.403. The number of oxazole rings is 1. The summed E-state index contributed by atoms with van der Waals surface area (Å²) in [5.74, 6) is -0.507. The molecule has 0 saturated heterocycles. The molecule has 0 aliphatic heterocycles. The molecule has 0 spiro atoms. The fourth-order valence-electron chi connectivity index (χ4n) is 2.21. The predicted molar refractivity (Wildman–Crippen MR) is 72.3 cm³/mol. The zero-order valence-electron chi connectivity index (χ0n) is 11.3. The van der Waals surface area contributed by atoms with Crippen LogP contribution in [0.3, 0.4) is 0 Å². The lowest BCUT2D eigenvalue weighted by Gasteiger charge is -2.21. The molecule has 0 saturated carbocycles. The molecule has 1 aromatic heterocycles. The molecule has 0 fully saturated rings. The molecular formula is C14H17N3O2. The lowest BCUT2D eigenvalue weighted by atomic mass is 9.86. The van der Waals surface area contributed by atoms with Crippen molar-refractivity contribution >= 4 is 11.1 Å². The number of benzene rings is 1. The van der Waals surface area contributed by atoms with Gasteiger partial charge in [0.2, 0.25) is 0 Å². The molecule has 5 heteroatoms. The average molecular weight is 259 g/mol. The second-order valence-corrected chi connectivity index (χ2v) is 5.08. The van der Waals surface area contributed by atoms with E-state index in [1.54, 1.807) is 19.2 Å². The van der Waals surface area contributed by atoms with E-state index in [2.05, 4.69) is 6.07 Å². The first-order chi connectivity index (χ1) is 8.95. The molecule has 1 heterocycles. The molecule has 100 valence electrons. The van der Waals surface area contributed by atoms with Crippen LogP contribution in [0.25, 0.3) is 11.1 Å².